The van der Waals surface area contributed by atoms with Gasteiger partial charge < -0.3 is 23.9 Å². The second-order valence-corrected chi connectivity index (χ2v) is 11.7. The maximum absolute atomic E-state index is 6.24. The van der Waals surface area contributed by atoms with Gasteiger partial charge in [-0.3, -0.25) is 0 Å². The van der Waals surface area contributed by atoms with E-state index in [-0.39, 0.29) is 0 Å². The van der Waals surface area contributed by atoms with Crippen molar-refractivity contribution >= 4 is 22.2 Å². The van der Waals surface area contributed by atoms with Gasteiger partial charge in [0.15, 0.2) is 0 Å². The van der Waals surface area contributed by atoms with Gasteiger partial charge in [0, 0.05) is 54.4 Å². The molecule has 1 atom stereocenters. The smallest absolute Gasteiger partial charge is 0.140 e. The van der Waals surface area contributed by atoms with Crippen molar-refractivity contribution in [3.05, 3.63) is 90.5 Å². The number of methoxy groups -OCH3 is 2. The van der Waals surface area contributed by atoms with Crippen LogP contribution in [0.1, 0.15) is 36.8 Å². The summed E-state index contributed by atoms with van der Waals surface area (Å²) in [5.41, 5.74) is 3.86. The monoisotopic (exact) mass is 548 g/mol. The third-order valence-electron chi connectivity index (χ3n) is 9.35. The molecule has 210 valence electrons. The maximum atomic E-state index is 6.24. The van der Waals surface area contributed by atoms with E-state index in [4.69, 9.17) is 14.2 Å². The number of benzene rings is 2. The number of nitrogens with zero attached hydrogens (tertiary/aromatic N) is 3. The van der Waals surface area contributed by atoms with Crippen LogP contribution >= 0.6 is 0 Å². The molecule has 3 fully saturated rings. The van der Waals surface area contributed by atoms with Crippen molar-refractivity contribution in [3.63, 3.8) is 0 Å². The Hall–Kier alpha value is -4.26. The van der Waals surface area contributed by atoms with E-state index in [0.717, 1.165) is 58.6 Å². The van der Waals surface area contributed by atoms with Crippen molar-refractivity contribution in [1.29, 1.82) is 0 Å². The van der Waals surface area contributed by atoms with E-state index < -0.39 is 0 Å². The Labute approximate surface area is 240 Å². The Bertz CT molecular complexity index is 1690. The van der Waals surface area contributed by atoms with E-state index >= 15 is 0 Å². The van der Waals surface area contributed by atoms with Gasteiger partial charge >= 0.3 is 0 Å². The van der Waals surface area contributed by atoms with Crippen LogP contribution < -0.4 is 19.5 Å². The van der Waals surface area contributed by atoms with Crippen LogP contribution in [0, 0.1) is 17.3 Å². The molecule has 3 aromatic heterocycles. The lowest BCUT2D eigenvalue weighted by atomic mass is 9.66. The third kappa shape index (κ3) is 4.94. The van der Waals surface area contributed by atoms with Crippen molar-refractivity contribution < 1.29 is 14.2 Å². The predicted molar refractivity (Wildman–Crippen MR) is 161 cm³/mol. The average molecular weight is 549 g/mol. The minimum atomic E-state index is 0.465. The zero-order valence-corrected chi connectivity index (χ0v) is 23.7. The Kier molecular flexibility index (Phi) is 6.65. The molecule has 0 amide bonds. The fraction of sp³-hybridized carbons (Fsp3) is 0.353. The van der Waals surface area contributed by atoms with Crippen LogP contribution in [0.4, 0.5) is 5.82 Å². The number of hydrogen-bond donors (Lipinski definition) is 1. The standard InChI is InChI=1S/C34H36N4O3/c1-39-27-7-6-24(31(16-27)40-2)21-37-33-30-5-3-4-23(29(30)9-12-36-33)8-11-34-18-25(19-34)26(20-34)22-41-28-10-14-38-15-13-35-32(38)17-28/h3-7,9-10,12-17,25-26H,8,11,18-22H2,1-2H3,(H,36,37). The number of rotatable bonds is 11. The first-order valence-electron chi connectivity index (χ1n) is 14.5. The summed E-state index contributed by atoms with van der Waals surface area (Å²) in [5, 5.41) is 5.99. The molecule has 0 radical (unpaired) electrons. The molecule has 7 nitrogen and oxygen atoms in total. The van der Waals surface area contributed by atoms with Gasteiger partial charge in [-0.2, -0.15) is 0 Å². The number of aromatic nitrogens is 3. The van der Waals surface area contributed by atoms with Gasteiger partial charge in [0.25, 0.3) is 0 Å². The Morgan fingerprint density at radius 1 is 0.878 bits per heavy atom. The van der Waals surface area contributed by atoms with Crippen molar-refractivity contribution in [2.75, 3.05) is 26.1 Å². The first kappa shape index (κ1) is 25.7. The molecular weight excluding hydrogens is 512 g/mol. The maximum Gasteiger partial charge on any atom is 0.140 e. The molecule has 0 saturated heterocycles. The first-order chi connectivity index (χ1) is 20.1. The summed E-state index contributed by atoms with van der Waals surface area (Å²) < 4.78 is 19.2. The molecule has 0 aliphatic heterocycles. The van der Waals surface area contributed by atoms with Gasteiger partial charge in [0.1, 0.15) is 28.7 Å². The lowest BCUT2D eigenvalue weighted by Gasteiger charge is -2.39. The minimum Gasteiger partial charge on any atom is -0.497 e. The summed E-state index contributed by atoms with van der Waals surface area (Å²) >= 11 is 0. The van der Waals surface area contributed by atoms with Gasteiger partial charge in [-0.25, -0.2) is 9.97 Å². The summed E-state index contributed by atoms with van der Waals surface area (Å²) in [6.45, 7) is 1.42. The Balaban J connectivity index is 0.992. The van der Waals surface area contributed by atoms with Crippen molar-refractivity contribution in [2.45, 2.75) is 38.6 Å². The molecule has 3 aliphatic carbocycles. The summed E-state index contributed by atoms with van der Waals surface area (Å²) in [5.74, 6) is 4.84. The fourth-order valence-electron chi connectivity index (χ4n) is 7.17. The van der Waals surface area contributed by atoms with E-state index in [0.29, 0.717) is 17.9 Å². The topological polar surface area (TPSA) is 69.9 Å². The Morgan fingerprint density at radius 3 is 2.68 bits per heavy atom. The molecule has 0 spiro atoms. The molecule has 1 N–H and O–H groups in total. The molecule has 3 heterocycles. The number of ether oxygens (including phenoxy) is 3. The van der Waals surface area contributed by atoms with Crippen molar-refractivity contribution in [2.24, 2.45) is 17.3 Å². The number of pyridine rings is 2. The molecule has 7 heteroatoms. The lowest BCUT2D eigenvalue weighted by molar-refractivity contribution is 0.121. The van der Waals surface area contributed by atoms with Crippen molar-refractivity contribution in [1.82, 2.24) is 14.4 Å². The first-order valence-corrected chi connectivity index (χ1v) is 14.5. The van der Waals surface area contributed by atoms with E-state index in [1.54, 1.807) is 14.2 Å². The second-order valence-electron chi connectivity index (χ2n) is 11.7. The highest BCUT2D eigenvalue weighted by Gasteiger charge is 2.55. The van der Waals surface area contributed by atoms with Crippen LogP contribution in [0.3, 0.4) is 0 Å². The molecule has 3 saturated carbocycles. The number of nitrogens with one attached hydrogen (secondary N) is 1. The van der Waals surface area contributed by atoms with Crippen LogP contribution in [0.2, 0.25) is 0 Å². The average Bonchev–Trinajstić information content (AvgIpc) is 3.70. The molecule has 41 heavy (non-hydrogen) atoms. The fourth-order valence-corrected chi connectivity index (χ4v) is 7.17. The summed E-state index contributed by atoms with van der Waals surface area (Å²) in [7, 11) is 3.35. The third-order valence-corrected chi connectivity index (χ3v) is 9.35. The SMILES string of the molecule is COc1ccc(CNc2nccc3c(CCC45CC(COc6ccn7ccnc7c6)C(C4)C5)cccc23)c(OC)c1. The van der Waals surface area contributed by atoms with Crippen LogP contribution in [-0.4, -0.2) is 35.2 Å². The van der Waals surface area contributed by atoms with Crippen LogP contribution in [0.25, 0.3) is 16.4 Å². The molecule has 8 rings (SSSR count). The molecule has 2 bridgehead atoms. The van der Waals surface area contributed by atoms with E-state index in [1.807, 2.05) is 59.5 Å². The zero-order valence-electron chi connectivity index (χ0n) is 23.7. The molecule has 1 unspecified atom stereocenters. The van der Waals surface area contributed by atoms with Crippen LogP contribution in [-0.2, 0) is 13.0 Å². The molecule has 5 aromatic rings. The highest BCUT2D eigenvalue weighted by atomic mass is 16.5. The number of hydrogen-bond acceptors (Lipinski definition) is 6. The highest BCUT2D eigenvalue weighted by Crippen LogP contribution is 2.63. The van der Waals surface area contributed by atoms with E-state index in [1.165, 1.54) is 36.6 Å². The van der Waals surface area contributed by atoms with E-state index in [9.17, 15) is 0 Å². The van der Waals surface area contributed by atoms with Gasteiger partial charge in [-0.05, 0) is 84.6 Å². The van der Waals surface area contributed by atoms with Gasteiger partial charge in [-0.15, -0.1) is 0 Å². The largest absolute Gasteiger partial charge is 0.497 e. The quantitative estimate of drug-likeness (QED) is 0.193. The molecular formula is C34H36N4O3. The van der Waals surface area contributed by atoms with Gasteiger partial charge in [0.2, 0.25) is 0 Å². The number of fused-ring (bicyclic) bond motifs is 3. The highest BCUT2D eigenvalue weighted by molar-refractivity contribution is 5.94. The summed E-state index contributed by atoms with van der Waals surface area (Å²) in [4.78, 5) is 9.06. The second kappa shape index (κ2) is 10.6. The molecule has 2 aromatic carbocycles. The summed E-state index contributed by atoms with van der Waals surface area (Å²) in [6, 6.07) is 18.7. The van der Waals surface area contributed by atoms with E-state index in [2.05, 4.69) is 39.6 Å². The van der Waals surface area contributed by atoms with Crippen LogP contribution in [0.15, 0.2) is 79.4 Å². The number of anilines is 1. The van der Waals surface area contributed by atoms with Crippen LogP contribution in [0.5, 0.6) is 17.2 Å². The number of imidazole rings is 1. The zero-order chi connectivity index (χ0) is 27.8. The lowest BCUT2D eigenvalue weighted by Crippen LogP contribution is -2.29. The Morgan fingerprint density at radius 2 is 1.80 bits per heavy atom. The van der Waals surface area contributed by atoms with Gasteiger partial charge in [0.05, 0.1) is 20.8 Å². The molecule has 3 aliphatic rings. The predicted octanol–water partition coefficient (Wildman–Crippen LogP) is 6.94. The van der Waals surface area contributed by atoms with Crippen molar-refractivity contribution in [3.8, 4) is 17.2 Å². The normalized spacial score (nSPS) is 21.1. The summed E-state index contributed by atoms with van der Waals surface area (Å²) in [6.07, 6.45) is 14.0. The minimum absolute atomic E-state index is 0.465. The van der Waals surface area contributed by atoms with Gasteiger partial charge in [-0.1, -0.05) is 18.2 Å². The number of aryl methyl sites for hydroxylation is 1.